The Balaban J connectivity index is 1.57. The minimum Gasteiger partial charge on any atom is -0.395 e. The van der Waals surface area contributed by atoms with Crippen molar-refractivity contribution in [2.75, 3.05) is 13.2 Å². The van der Waals surface area contributed by atoms with Crippen LogP contribution in [-0.4, -0.2) is 35.2 Å². The van der Waals surface area contributed by atoms with Gasteiger partial charge in [-0.2, -0.15) is 0 Å². The number of aliphatic hydroxyl groups is 1. The van der Waals surface area contributed by atoms with Crippen LogP contribution in [0.25, 0.3) is 0 Å². The van der Waals surface area contributed by atoms with Gasteiger partial charge in [0.25, 0.3) is 0 Å². The predicted octanol–water partition coefficient (Wildman–Crippen LogP) is 2.41. The molecule has 0 saturated carbocycles. The van der Waals surface area contributed by atoms with Crippen molar-refractivity contribution in [3.63, 3.8) is 0 Å². The standard InChI is InChI=1S/C19H24N2O/c22-15-19-18(20-13-16-7-3-1-4-8-16)11-12-21(19)14-17-9-5-2-6-10-17/h1-10,18-20,22H,11-15H2. The van der Waals surface area contributed by atoms with E-state index in [2.05, 4.69) is 58.7 Å². The summed E-state index contributed by atoms with van der Waals surface area (Å²) in [6.45, 7) is 3.02. The number of benzene rings is 2. The number of nitrogens with zero attached hydrogens (tertiary/aromatic N) is 1. The normalized spacial score (nSPS) is 22.0. The van der Waals surface area contributed by atoms with Crippen molar-refractivity contribution in [1.29, 1.82) is 0 Å². The Hall–Kier alpha value is -1.68. The van der Waals surface area contributed by atoms with Crippen LogP contribution in [0.5, 0.6) is 0 Å². The number of hydrogen-bond donors (Lipinski definition) is 2. The summed E-state index contributed by atoms with van der Waals surface area (Å²) in [6.07, 6.45) is 1.09. The fourth-order valence-electron chi connectivity index (χ4n) is 3.26. The lowest BCUT2D eigenvalue weighted by atomic mass is 10.1. The van der Waals surface area contributed by atoms with E-state index in [1.807, 2.05) is 12.1 Å². The van der Waals surface area contributed by atoms with Gasteiger partial charge in [0, 0.05) is 31.7 Å². The van der Waals surface area contributed by atoms with E-state index in [0.717, 1.165) is 26.1 Å². The lowest BCUT2D eigenvalue weighted by Gasteiger charge is -2.27. The second-order valence-corrected chi connectivity index (χ2v) is 5.97. The molecular weight excluding hydrogens is 272 g/mol. The van der Waals surface area contributed by atoms with Crippen LogP contribution in [0.4, 0.5) is 0 Å². The molecule has 0 radical (unpaired) electrons. The molecule has 1 aliphatic heterocycles. The molecular formula is C19H24N2O. The van der Waals surface area contributed by atoms with Gasteiger partial charge in [-0.15, -0.1) is 0 Å². The van der Waals surface area contributed by atoms with Crippen molar-refractivity contribution in [3.8, 4) is 0 Å². The molecule has 0 amide bonds. The molecule has 2 aromatic rings. The van der Waals surface area contributed by atoms with Gasteiger partial charge in [0.05, 0.1) is 6.61 Å². The SMILES string of the molecule is OCC1C(NCc2ccccc2)CCN1Cc1ccccc1. The summed E-state index contributed by atoms with van der Waals surface area (Å²) in [6, 6.07) is 21.5. The van der Waals surface area contributed by atoms with E-state index in [0.29, 0.717) is 6.04 Å². The van der Waals surface area contributed by atoms with E-state index < -0.39 is 0 Å². The van der Waals surface area contributed by atoms with Crippen LogP contribution in [0.2, 0.25) is 0 Å². The molecule has 22 heavy (non-hydrogen) atoms. The minimum atomic E-state index is 0.198. The van der Waals surface area contributed by atoms with Crippen LogP contribution >= 0.6 is 0 Å². The Bertz CT molecular complexity index is 558. The van der Waals surface area contributed by atoms with Gasteiger partial charge in [-0.1, -0.05) is 60.7 Å². The zero-order valence-electron chi connectivity index (χ0n) is 12.9. The number of aliphatic hydroxyl groups excluding tert-OH is 1. The molecule has 3 heteroatoms. The van der Waals surface area contributed by atoms with Crippen molar-refractivity contribution < 1.29 is 5.11 Å². The minimum absolute atomic E-state index is 0.198. The lowest BCUT2D eigenvalue weighted by molar-refractivity contribution is 0.138. The van der Waals surface area contributed by atoms with Crippen molar-refractivity contribution in [2.24, 2.45) is 0 Å². The average molecular weight is 296 g/mol. The maximum Gasteiger partial charge on any atom is 0.0602 e. The second kappa shape index (κ2) is 7.54. The summed E-state index contributed by atoms with van der Waals surface area (Å²) < 4.78 is 0. The highest BCUT2D eigenvalue weighted by molar-refractivity contribution is 5.16. The van der Waals surface area contributed by atoms with Gasteiger partial charge in [-0.05, 0) is 17.5 Å². The molecule has 1 heterocycles. The molecule has 0 spiro atoms. The predicted molar refractivity (Wildman–Crippen MR) is 89.4 cm³/mol. The molecule has 116 valence electrons. The van der Waals surface area contributed by atoms with Gasteiger partial charge in [0.15, 0.2) is 0 Å². The first-order chi connectivity index (χ1) is 10.9. The van der Waals surface area contributed by atoms with E-state index in [-0.39, 0.29) is 12.6 Å². The van der Waals surface area contributed by atoms with Crippen molar-refractivity contribution in [3.05, 3.63) is 71.8 Å². The van der Waals surface area contributed by atoms with Crippen LogP contribution in [0.3, 0.4) is 0 Å². The topological polar surface area (TPSA) is 35.5 Å². The van der Waals surface area contributed by atoms with Crippen LogP contribution < -0.4 is 5.32 Å². The molecule has 3 nitrogen and oxygen atoms in total. The number of likely N-dealkylation sites (tertiary alicyclic amines) is 1. The molecule has 2 atom stereocenters. The molecule has 3 rings (SSSR count). The maximum absolute atomic E-state index is 9.80. The van der Waals surface area contributed by atoms with Crippen LogP contribution in [0.15, 0.2) is 60.7 Å². The highest BCUT2D eigenvalue weighted by atomic mass is 16.3. The Morgan fingerprint density at radius 3 is 2.23 bits per heavy atom. The highest BCUT2D eigenvalue weighted by Crippen LogP contribution is 2.21. The molecule has 1 fully saturated rings. The molecule has 1 saturated heterocycles. The smallest absolute Gasteiger partial charge is 0.0602 e. The summed E-state index contributed by atoms with van der Waals surface area (Å²) >= 11 is 0. The fraction of sp³-hybridized carbons (Fsp3) is 0.368. The molecule has 2 unspecified atom stereocenters. The summed E-state index contributed by atoms with van der Waals surface area (Å²) in [5.41, 5.74) is 2.60. The first kappa shape index (κ1) is 15.2. The van der Waals surface area contributed by atoms with Crippen LogP contribution in [0.1, 0.15) is 17.5 Å². The summed E-state index contributed by atoms with van der Waals surface area (Å²) in [7, 11) is 0. The molecule has 0 aliphatic carbocycles. The number of rotatable bonds is 6. The van der Waals surface area contributed by atoms with Gasteiger partial charge < -0.3 is 10.4 Å². The van der Waals surface area contributed by atoms with Crippen molar-refractivity contribution in [1.82, 2.24) is 10.2 Å². The third-order valence-electron chi connectivity index (χ3n) is 4.49. The number of nitrogens with one attached hydrogen (secondary N) is 1. The molecule has 1 aliphatic rings. The van der Waals surface area contributed by atoms with Crippen molar-refractivity contribution >= 4 is 0 Å². The van der Waals surface area contributed by atoms with Gasteiger partial charge in [-0.3, -0.25) is 4.90 Å². The van der Waals surface area contributed by atoms with E-state index in [9.17, 15) is 5.11 Å². The van der Waals surface area contributed by atoms with Gasteiger partial charge in [0.2, 0.25) is 0 Å². The summed E-state index contributed by atoms with van der Waals surface area (Å²) in [5.74, 6) is 0. The lowest BCUT2D eigenvalue weighted by Crippen LogP contribution is -2.44. The largest absolute Gasteiger partial charge is 0.395 e. The first-order valence-electron chi connectivity index (χ1n) is 8.03. The average Bonchev–Trinajstić information content (AvgIpc) is 2.96. The van der Waals surface area contributed by atoms with Crippen molar-refractivity contribution in [2.45, 2.75) is 31.6 Å². The van der Waals surface area contributed by atoms with Gasteiger partial charge >= 0.3 is 0 Å². The second-order valence-electron chi connectivity index (χ2n) is 5.97. The maximum atomic E-state index is 9.80. The third kappa shape index (κ3) is 3.74. The molecule has 0 bridgehead atoms. The third-order valence-corrected chi connectivity index (χ3v) is 4.49. The summed E-state index contributed by atoms with van der Waals surface area (Å²) in [4.78, 5) is 2.39. The number of hydrogen-bond acceptors (Lipinski definition) is 3. The quantitative estimate of drug-likeness (QED) is 0.859. The zero-order valence-corrected chi connectivity index (χ0v) is 12.9. The monoisotopic (exact) mass is 296 g/mol. The van der Waals surface area contributed by atoms with Gasteiger partial charge in [-0.25, -0.2) is 0 Å². The Morgan fingerprint density at radius 2 is 1.59 bits per heavy atom. The van der Waals surface area contributed by atoms with E-state index in [4.69, 9.17) is 0 Å². The Morgan fingerprint density at radius 1 is 0.955 bits per heavy atom. The Labute approximate surface area is 132 Å². The zero-order chi connectivity index (χ0) is 15.2. The highest BCUT2D eigenvalue weighted by Gasteiger charge is 2.32. The van der Waals surface area contributed by atoms with E-state index in [1.54, 1.807) is 0 Å². The Kier molecular flexibility index (Phi) is 5.22. The van der Waals surface area contributed by atoms with Gasteiger partial charge in [0.1, 0.15) is 0 Å². The first-order valence-corrected chi connectivity index (χ1v) is 8.03. The van der Waals surface area contributed by atoms with E-state index in [1.165, 1.54) is 11.1 Å². The summed E-state index contributed by atoms with van der Waals surface area (Å²) in [5, 5.41) is 13.4. The van der Waals surface area contributed by atoms with E-state index >= 15 is 0 Å². The molecule has 2 aromatic carbocycles. The molecule has 2 N–H and O–H groups in total. The molecule has 0 aromatic heterocycles. The van der Waals surface area contributed by atoms with Crippen LogP contribution in [0, 0.1) is 0 Å². The van der Waals surface area contributed by atoms with Crippen LogP contribution in [-0.2, 0) is 13.1 Å². The fourth-order valence-corrected chi connectivity index (χ4v) is 3.26.